The van der Waals surface area contributed by atoms with Crippen LogP contribution < -0.4 is 4.74 Å². The number of halogens is 1. The highest BCUT2D eigenvalue weighted by Gasteiger charge is 2.11. The predicted molar refractivity (Wildman–Crippen MR) is 86.6 cm³/mol. The first-order valence-electron chi connectivity index (χ1n) is 6.54. The van der Waals surface area contributed by atoms with Gasteiger partial charge in [0.05, 0.1) is 6.61 Å². The Morgan fingerprint density at radius 3 is 2.71 bits per heavy atom. The Morgan fingerprint density at radius 1 is 1.29 bits per heavy atom. The van der Waals surface area contributed by atoms with Crippen molar-refractivity contribution in [2.75, 3.05) is 6.61 Å². The Balaban J connectivity index is 2.54. The van der Waals surface area contributed by atoms with Crippen LogP contribution in [0, 0.1) is 0 Å². The average Bonchev–Trinajstić information content (AvgIpc) is 2.48. The summed E-state index contributed by atoms with van der Waals surface area (Å²) >= 11 is 3.49. The van der Waals surface area contributed by atoms with E-state index >= 15 is 0 Å². The average molecular weight is 347 g/mol. The van der Waals surface area contributed by atoms with Gasteiger partial charge >= 0.3 is 0 Å². The lowest BCUT2D eigenvalue weighted by atomic mass is 9.97. The fourth-order valence-electron chi connectivity index (χ4n) is 2.04. The molecule has 0 heterocycles. The number of phenolic OH excluding ortho intramolecular Hbond substituents is 1. The smallest absolute Gasteiger partial charge is 0.161 e. The zero-order valence-corrected chi connectivity index (χ0v) is 13.1. The summed E-state index contributed by atoms with van der Waals surface area (Å²) in [7, 11) is 0. The molecule has 0 saturated heterocycles. The molecule has 0 saturated carbocycles. The highest BCUT2D eigenvalue weighted by molar-refractivity contribution is 9.10. The first-order chi connectivity index (χ1) is 10.2. The van der Waals surface area contributed by atoms with E-state index in [1.54, 1.807) is 18.2 Å². The number of ether oxygens (including phenoxy) is 1. The first kappa shape index (κ1) is 15.3. The van der Waals surface area contributed by atoms with Crippen LogP contribution in [0.2, 0.25) is 0 Å². The van der Waals surface area contributed by atoms with Crippen molar-refractivity contribution in [3.8, 4) is 11.5 Å². The van der Waals surface area contributed by atoms with Gasteiger partial charge in [0.1, 0.15) is 6.29 Å². The van der Waals surface area contributed by atoms with Crippen molar-refractivity contribution in [2.45, 2.75) is 6.92 Å². The summed E-state index contributed by atoms with van der Waals surface area (Å²) in [5, 5.41) is 9.78. The van der Waals surface area contributed by atoms with Crippen molar-refractivity contribution < 1.29 is 14.6 Å². The Hall–Kier alpha value is -2.07. The van der Waals surface area contributed by atoms with Crippen LogP contribution in [0.15, 0.2) is 53.0 Å². The summed E-state index contributed by atoms with van der Waals surface area (Å²) in [6.07, 6.45) is 2.25. The van der Waals surface area contributed by atoms with Crippen LogP contribution in [0.3, 0.4) is 0 Å². The maximum absolute atomic E-state index is 11.0. The molecule has 108 valence electrons. The molecular weight excluding hydrogens is 332 g/mol. The number of rotatable bonds is 5. The lowest BCUT2D eigenvalue weighted by Crippen LogP contribution is -1.95. The Labute approximate surface area is 132 Å². The number of benzene rings is 2. The van der Waals surface area contributed by atoms with E-state index in [1.807, 2.05) is 31.2 Å². The highest BCUT2D eigenvalue weighted by atomic mass is 79.9. The van der Waals surface area contributed by atoms with E-state index in [4.69, 9.17) is 4.74 Å². The van der Waals surface area contributed by atoms with Crippen LogP contribution in [-0.4, -0.2) is 18.0 Å². The number of hydrogen-bond acceptors (Lipinski definition) is 3. The number of hydrogen-bond donors (Lipinski definition) is 1. The molecule has 0 aliphatic heterocycles. The zero-order valence-electron chi connectivity index (χ0n) is 11.5. The third-order valence-electron chi connectivity index (χ3n) is 2.97. The van der Waals surface area contributed by atoms with Gasteiger partial charge in [-0.1, -0.05) is 40.2 Å². The van der Waals surface area contributed by atoms with Gasteiger partial charge in [-0.2, -0.15) is 0 Å². The predicted octanol–water partition coefficient (Wildman–Crippen LogP) is 4.18. The Kier molecular flexibility index (Phi) is 5.17. The minimum Gasteiger partial charge on any atom is -0.504 e. The summed E-state index contributed by atoms with van der Waals surface area (Å²) in [6, 6.07) is 12.7. The Morgan fingerprint density at radius 2 is 2.05 bits per heavy atom. The minimum atomic E-state index is 0.0816. The number of aromatic hydroxyl groups is 1. The van der Waals surface area contributed by atoms with Crippen molar-refractivity contribution in [1.82, 2.24) is 0 Å². The molecular formula is C17H15BrO3. The summed E-state index contributed by atoms with van der Waals surface area (Å²) in [5.41, 5.74) is 2.46. The van der Waals surface area contributed by atoms with E-state index in [-0.39, 0.29) is 5.75 Å². The molecule has 0 radical (unpaired) electrons. The molecule has 0 aliphatic rings. The third kappa shape index (κ3) is 3.52. The van der Waals surface area contributed by atoms with Crippen LogP contribution >= 0.6 is 15.9 Å². The maximum Gasteiger partial charge on any atom is 0.161 e. The molecule has 0 unspecified atom stereocenters. The topological polar surface area (TPSA) is 46.5 Å². The summed E-state index contributed by atoms with van der Waals surface area (Å²) in [6.45, 7) is 2.31. The SMILES string of the molecule is CCOc1cc(C(=CC=O)c2ccccc2Br)ccc1O. The lowest BCUT2D eigenvalue weighted by molar-refractivity contribution is -0.104. The van der Waals surface area contributed by atoms with E-state index in [2.05, 4.69) is 15.9 Å². The van der Waals surface area contributed by atoms with E-state index in [0.717, 1.165) is 27.5 Å². The van der Waals surface area contributed by atoms with Crippen LogP contribution in [0.4, 0.5) is 0 Å². The van der Waals surface area contributed by atoms with Crippen LogP contribution in [0.5, 0.6) is 11.5 Å². The number of phenols is 1. The molecule has 0 fully saturated rings. The summed E-state index contributed by atoms with van der Waals surface area (Å²) < 4.78 is 6.29. The van der Waals surface area contributed by atoms with Crippen molar-refractivity contribution >= 4 is 27.8 Å². The number of carbonyl (C=O) groups excluding carboxylic acids is 1. The standard InChI is InChI=1S/C17H15BrO3/c1-2-21-17-11-12(7-8-16(17)20)13(9-10-19)14-5-3-4-6-15(14)18/h3-11,20H,2H2,1H3. The fraction of sp³-hybridized carbons (Fsp3) is 0.118. The van der Waals surface area contributed by atoms with Gasteiger partial charge in [0.2, 0.25) is 0 Å². The molecule has 0 aliphatic carbocycles. The molecule has 0 aromatic heterocycles. The van der Waals surface area contributed by atoms with Crippen LogP contribution in [-0.2, 0) is 4.79 Å². The van der Waals surface area contributed by atoms with Gasteiger partial charge in [-0.15, -0.1) is 0 Å². The molecule has 1 N–H and O–H groups in total. The number of allylic oxidation sites excluding steroid dienone is 1. The molecule has 0 atom stereocenters. The van der Waals surface area contributed by atoms with Gasteiger partial charge in [0.25, 0.3) is 0 Å². The number of aldehydes is 1. The van der Waals surface area contributed by atoms with E-state index in [1.165, 1.54) is 6.08 Å². The van der Waals surface area contributed by atoms with Gasteiger partial charge in [-0.05, 0) is 47.9 Å². The summed E-state index contributed by atoms with van der Waals surface area (Å²) in [5.74, 6) is 0.483. The normalized spacial score (nSPS) is 11.2. The zero-order chi connectivity index (χ0) is 15.2. The molecule has 21 heavy (non-hydrogen) atoms. The maximum atomic E-state index is 11.0. The molecule has 3 nitrogen and oxygen atoms in total. The van der Waals surface area contributed by atoms with E-state index in [0.29, 0.717) is 12.4 Å². The largest absolute Gasteiger partial charge is 0.504 e. The van der Waals surface area contributed by atoms with Crippen LogP contribution in [0.25, 0.3) is 5.57 Å². The minimum absolute atomic E-state index is 0.0816. The van der Waals surface area contributed by atoms with Gasteiger partial charge < -0.3 is 9.84 Å². The van der Waals surface area contributed by atoms with Crippen LogP contribution in [0.1, 0.15) is 18.1 Å². The quantitative estimate of drug-likeness (QED) is 0.652. The van der Waals surface area contributed by atoms with E-state index < -0.39 is 0 Å². The molecule has 2 aromatic carbocycles. The van der Waals surface area contributed by atoms with Gasteiger partial charge in [0.15, 0.2) is 11.5 Å². The van der Waals surface area contributed by atoms with Gasteiger partial charge in [0, 0.05) is 4.47 Å². The second kappa shape index (κ2) is 7.09. The molecule has 0 bridgehead atoms. The summed E-state index contributed by atoms with van der Waals surface area (Å²) in [4.78, 5) is 11.0. The second-order valence-electron chi connectivity index (χ2n) is 4.31. The second-order valence-corrected chi connectivity index (χ2v) is 5.17. The van der Waals surface area contributed by atoms with Crippen molar-refractivity contribution in [2.24, 2.45) is 0 Å². The van der Waals surface area contributed by atoms with E-state index in [9.17, 15) is 9.90 Å². The van der Waals surface area contributed by atoms with Gasteiger partial charge in [-0.25, -0.2) is 0 Å². The highest BCUT2D eigenvalue weighted by Crippen LogP contribution is 2.34. The van der Waals surface area contributed by atoms with Crippen molar-refractivity contribution in [1.29, 1.82) is 0 Å². The monoisotopic (exact) mass is 346 g/mol. The molecule has 4 heteroatoms. The third-order valence-corrected chi connectivity index (χ3v) is 3.66. The van der Waals surface area contributed by atoms with Crippen molar-refractivity contribution in [3.63, 3.8) is 0 Å². The Bertz CT molecular complexity index is 677. The molecule has 2 aromatic rings. The lowest BCUT2D eigenvalue weighted by Gasteiger charge is -2.12. The number of carbonyl (C=O) groups is 1. The molecule has 0 amide bonds. The van der Waals surface area contributed by atoms with Crippen molar-refractivity contribution in [3.05, 3.63) is 64.1 Å². The fourth-order valence-corrected chi connectivity index (χ4v) is 2.54. The molecule has 2 rings (SSSR count). The molecule has 0 spiro atoms. The van der Waals surface area contributed by atoms with Gasteiger partial charge in [-0.3, -0.25) is 4.79 Å². The first-order valence-corrected chi connectivity index (χ1v) is 7.33.